The van der Waals surface area contributed by atoms with Gasteiger partial charge in [0.25, 0.3) is 0 Å². The van der Waals surface area contributed by atoms with Crippen molar-refractivity contribution in [2.24, 2.45) is 7.05 Å². The molecule has 1 atom stereocenters. The van der Waals surface area contributed by atoms with Gasteiger partial charge in [-0.1, -0.05) is 48.5 Å². The van der Waals surface area contributed by atoms with Crippen molar-refractivity contribution in [1.82, 2.24) is 14.3 Å². The van der Waals surface area contributed by atoms with E-state index in [1.54, 1.807) is 42.7 Å². The van der Waals surface area contributed by atoms with Crippen LogP contribution in [0.25, 0.3) is 0 Å². The van der Waals surface area contributed by atoms with Crippen molar-refractivity contribution in [3.63, 3.8) is 0 Å². The van der Waals surface area contributed by atoms with Gasteiger partial charge in [0.2, 0.25) is 10.0 Å². The van der Waals surface area contributed by atoms with E-state index >= 15 is 0 Å². The summed E-state index contributed by atoms with van der Waals surface area (Å²) in [4.78, 5) is 4.54. The van der Waals surface area contributed by atoms with Crippen LogP contribution in [0, 0.1) is 0 Å². The largest absolute Gasteiger partial charge is 0.336 e. The van der Waals surface area contributed by atoms with Gasteiger partial charge in [-0.25, -0.2) is 13.4 Å². The lowest BCUT2D eigenvalue weighted by atomic mass is 10.1. The van der Waals surface area contributed by atoms with Crippen molar-refractivity contribution in [3.8, 4) is 0 Å². The number of benzene rings is 2. The minimum Gasteiger partial charge on any atom is -0.336 e. The average molecular weight is 327 g/mol. The topological polar surface area (TPSA) is 64.0 Å². The average Bonchev–Trinajstić information content (AvgIpc) is 3.00. The van der Waals surface area contributed by atoms with E-state index in [0.717, 1.165) is 5.56 Å². The molecule has 23 heavy (non-hydrogen) atoms. The summed E-state index contributed by atoms with van der Waals surface area (Å²) in [7, 11) is -1.81. The Hall–Kier alpha value is -2.44. The molecule has 0 aliphatic heterocycles. The Morgan fingerprint density at radius 1 is 1.00 bits per heavy atom. The first kappa shape index (κ1) is 15.5. The van der Waals surface area contributed by atoms with Gasteiger partial charge in [0.1, 0.15) is 11.9 Å². The van der Waals surface area contributed by atoms with Gasteiger partial charge in [0, 0.05) is 19.4 Å². The first-order chi connectivity index (χ1) is 11.1. The molecular weight excluding hydrogens is 310 g/mol. The smallest absolute Gasteiger partial charge is 0.241 e. The van der Waals surface area contributed by atoms with Crippen LogP contribution in [0.15, 0.2) is 78.0 Å². The van der Waals surface area contributed by atoms with Gasteiger partial charge in [0.15, 0.2) is 0 Å². The summed E-state index contributed by atoms with van der Waals surface area (Å²) in [6, 6.07) is 17.2. The number of aryl methyl sites for hydroxylation is 1. The maximum absolute atomic E-state index is 12.7. The van der Waals surface area contributed by atoms with Crippen molar-refractivity contribution >= 4 is 10.0 Å². The summed E-state index contributed by atoms with van der Waals surface area (Å²) in [5.41, 5.74) is 0.835. The van der Waals surface area contributed by atoms with E-state index in [9.17, 15) is 8.42 Å². The minimum atomic E-state index is -3.65. The number of nitrogens with zero attached hydrogens (tertiary/aromatic N) is 2. The number of nitrogens with one attached hydrogen (secondary N) is 1. The fourth-order valence-corrected chi connectivity index (χ4v) is 3.60. The van der Waals surface area contributed by atoms with Gasteiger partial charge in [-0.3, -0.25) is 0 Å². The molecule has 1 unspecified atom stereocenters. The first-order valence-electron chi connectivity index (χ1n) is 7.17. The summed E-state index contributed by atoms with van der Waals surface area (Å²) in [6.07, 6.45) is 3.45. The normalized spacial score (nSPS) is 12.9. The molecule has 3 rings (SSSR count). The Labute approximate surface area is 135 Å². The first-order valence-corrected chi connectivity index (χ1v) is 8.66. The molecule has 5 nitrogen and oxygen atoms in total. The third-order valence-corrected chi connectivity index (χ3v) is 5.01. The van der Waals surface area contributed by atoms with Gasteiger partial charge in [-0.15, -0.1) is 0 Å². The molecule has 2 aromatic carbocycles. The third kappa shape index (κ3) is 3.33. The predicted octanol–water partition coefficient (Wildman–Crippen LogP) is 2.49. The van der Waals surface area contributed by atoms with Crippen LogP contribution >= 0.6 is 0 Å². The number of rotatable bonds is 5. The van der Waals surface area contributed by atoms with E-state index < -0.39 is 16.1 Å². The van der Waals surface area contributed by atoms with Crippen molar-refractivity contribution in [2.75, 3.05) is 0 Å². The summed E-state index contributed by atoms with van der Waals surface area (Å²) in [5, 5.41) is 0. The molecule has 0 saturated heterocycles. The summed E-state index contributed by atoms with van der Waals surface area (Å²) >= 11 is 0. The highest BCUT2D eigenvalue weighted by molar-refractivity contribution is 7.89. The molecule has 0 bridgehead atoms. The van der Waals surface area contributed by atoms with Crippen LogP contribution in [0.3, 0.4) is 0 Å². The van der Waals surface area contributed by atoms with Gasteiger partial charge in [-0.05, 0) is 17.7 Å². The van der Waals surface area contributed by atoms with Crippen LogP contribution in [0.4, 0.5) is 0 Å². The Balaban J connectivity index is 2.02. The van der Waals surface area contributed by atoms with E-state index in [1.165, 1.54) is 0 Å². The SMILES string of the molecule is Cn1ccnc1C(NS(=O)(=O)c1ccccc1)c1ccccc1. The number of sulfonamides is 1. The van der Waals surface area contributed by atoms with Gasteiger partial charge >= 0.3 is 0 Å². The molecular formula is C17H17N3O2S. The number of imidazole rings is 1. The maximum Gasteiger partial charge on any atom is 0.241 e. The molecule has 1 aromatic heterocycles. The highest BCUT2D eigenvalue weighted by Gasteiger charge is 2.25. The highest BCUT2D eigenvalue weighted by Crippen LogP contribution is 2.23. The molecule has 0 spiro atoms. The molecule has 6 heteroatoms. The molecule has 1 heterocycles. The predicted molar refractivity (Wildman–Crippen MR) is 88.3 cm³/mol. The second-order valence-corrected chi connectivity index (χ2v) is 6.89. The van der Waals surface area contributed by atoms with Crippen molar-refractivity contribution in [3.05, 3.63) is 84.4 Å². The zero-order chi connectivity index (χ0) is 16.3. The van der Waals surface area contributed by atoms with Crippen LogP contribution in [-0.2, 0) is 17.1 Å². The number of hydrogen-bond acceptors (Lipinski definition) is 3. The van der Waals surface area contributed by atoms with Crippen LogP contribution in [0.5, 0.6) is 0 Å². The quantitative estimate of drug-likeness (QED) is 0.783. The molecule has 0 aliphatic rings. The zero-order valence-electron chi connectivity index (χ0n) is 12.6. The lowest BCUT2D eigenvalue weighted by Gasteiger charge is -2.19. The van der Waals surface area contributed by atoms with Crippen molar-refractivity contribution < 1.29 is 8.42 Å². The Morgan fingerprint density at radius 3 is 2.17 bits per heavy atom. The fraction of sp³-hybridized carbons (Fsp3) is 0.118. The number of hydrogen-bond donors (Lipinski definition) is 1. The van der Waals surface area contributed by atoms with E-state index in [4.69, 9.17) is 0 Å². The third-order valence-electron chi connectivity index (χ3n) is 3.58. The standard InChI is InChI=1S/C17H17N3O2S/c1-20-13-12-18-17(20)16(14-8-4-2-5-9-14)19-23(21,22)15-10-6-3-7-11-15/h2-13,16,19H,1H3. The van der Waals surface area contributed by atoms with Crippen LogP contribution < -0.4 is 4.72 Å². The van der Waals surface area contributed by atoms with E-state index in [0.29, 0.717) is 5.82 Å². The molecule has 0 saturated carbocycles. The van der Waals surface area contributed by atoms with Crippen LogP contribution in [0.2, 0.25) is 0 Å². The molecule has 3 aromatic rings. The van der Waals surface area contributed by atoms with E-state index in [2.05, 4.69) is 9.71 Å². The van der Waals surface area contributed by atoms with Gasteiger partial charge in [-0.2, -0.15) is 4.72 Å². The molecule has 1 N–H and O–H groups in total. The Morgan fingerprint density at radius 2 is 1.61 bits per heavy atom. The lowest BCUT2D eigenvalue weighted by molar-refractivity contribution is 0.563. The summed E-state index contributed by atoms with van der Waals surface area (Å²) < 4.78 is 29.9. The van der Waals surface area contributed by atoms with Crippen molar-refractivity contribution in [1.29, 1.82) is 0 Å². The second-order valence-electron chi connectivity index (χ2n) is 5.17. The molecule has 0 radical (unpaired) electrons. The molecule has 118 valence electrons. The molecule has 0 amide bonds. The molecule has 0 aliphatic carbocycles. The van der Waals surface area contributed by atoms with Crippen LogP contribution in [-0.4, -0.2) is 18.0 Å². The fourth-order valence-electron chi connectivity index (χ4n) is 2.39. The summed E-state index contributed by atoms with van der Waals surface area (Å²) in [5.74, 6) is 0.635. The van der Waals surface area contributed by atoms with Crippen molar-refractivity contribution in [2.45, 2.75) is 10.9 Å². The van der Waals surface area contributed by atoms with E-state index in [1.807, 2.05) is 41.9 Å². The lowest BCUT2D eigenvalue weighted by Crippen LogP contribution is -2.31. The Bertz CT molecular complexity index is 874. The monoisotopic (exact) mass is 327 g/mol. The van der Waals surface area contributed by atoms with Crippen LogP contribution in [0.1, 0.15) is 17.4 Å². The van der Waals surface area contributed by atoms with Gasteiger partial charge < -0.3 is 4.57 Å². The minimum absolute atomic E-state index is 0.232. The highest BCUT2D eigenvalue weighted by atomic mass is 32.2. The summed E-state index contributed by atoms with van der Waals surface area (Å²) in [6.45, 7) is 0. The van der Waals surface area contributed by atoms with Gasteiger partial charge in [0.05, 0.1) is 4.90 Å². The molecule has 0 fully saturated rings. The second kappa shape index (κ2) is 6.36. The maximum atomic E-state index is 12.7. The zero-order valence-corrected chi connectivity index (χ0v) is 13.4. The number of aromatic nitrogens is 2. The Kier molecular flexibility index (Phi) is 4.27. The van der Waals surface area contributed by atoms with E-state index in [-0.39, 0.29) is 4.90 Å².